The van der Waals surface area contributed by atoms with Crippen LogP contribution in [0.3, 0.4) is 0 Å². The fraction of sp³-hybridized carbons (Fsp3) is 0.333. The molecule has 11 heteroatoms. The van der Waals surface area contributed by atoms with Crippen molar-refractivity contribution in [1.82, 2.24) is 14.9 Å². The Bertz CT molecular complexity index is 1240. The maximum absolute atomic E-state index is 12.5. The van der Waals surface area contributed by atoms with Gasteiger partial charge in [0.2, 0.25) is 15.9 Å². The van der Waals surface area contributed by atoms with Gasteiger partial charge in [0.1, 0.15) is 12.1 Å². The predicted octanol–water partition coefficient (Wildman–Crippen LogP) is 0.818. The van der Waals surface area contributed by atoms with Crippen molar-refractivity contribution in [2.75, 3.05) is 18.8 Å². The predicted molar refractivity (Wildman–Crippen MR) is 128 cm³/mol. The SMILES string of the molecule is CCS(=O)(=O)NC(C(=O)O)C(NC(=O)CN1CCc2ccccc2C1=O)C(C)=O.c1cc2cc-2c1. The zero-order valence-electron chi connectivity index (χ0n) is 19.4. The minimum absolute atomic E-state index is 0.291. The molecular formula is C24H27N3O7S. The van der Waals surface area contributed by atoms with Crippen molar-refractivity contribution >= 4 is 33.6 Å². The summed E-state index contributed by atoms with van der Waals surface area (Å²) in [6.45, 7) is 2.26. The number of aliphatic carboxylic acids is 1. The molecule has 0 fully saturated rings. The number of fused-ring (bicyclic) bond motifs is 2. The van der Waals surface area contributed by atoms with Gasteiger partial charge in [0.15, 0.2) is 5.78 Å². The largest absolute Gasteiger partial charge is 0.480 e. The Morgan fingerprint density at radius 1 is 1.06 bits per heavy atom. The highest BCUT2D eigenvalue weighted by atomic mass is 32.2. The molecule has 0 bridgehead atoms. The quantitative estimate of drug-likeness (QED) is 0.393. The van der Waals surface area contributed by atoms with Crippen LogP contribution in [-0.2, 0) is 30.8 Å². The van der Waals surface area contributed by atoms with Gasteiger partial charge in [0.05, 0.1) is 12.3 Å². The molecule has 0 spiro atoms. The van der Waals surface area contributed by atoms with Crippen molar-refractivity contribution in [3.8, 4) is 11.1 Å². The van der Waals surface area contributed by atoms with E-state index in [-0.39, 0.29) is 12.5 Å². The number of hydrogen-bond donors (Lipinski definition) is 3. The number of carboxylic acids is 1. The van der Waals surface area contributed by atoms with Crippen LogP contribution in [0.5, 0.6) is 0 Å². The van der Waals surface area contributed by atoms with Gasteiger partial charge in [0.25, 0.3) is 5.91 Å². The molecule has 0 radical (unpaired) electrons. The molecule has 4 rings (SSSR count). The van der Waals surface area contributed by atoms with Crippen molar-refractivity contribution < 1.29 is 32.7 Å². The molecule has 3 aliphatic rings. The fourth-order valence-electron chi connectivity index (χ4n) is 3.65. The van der Waals surface area contributed by atoms with E-state index in [1.807, 2.05) is 16.9 Å². The first-order valence-corrected chi connectivity index (χ1v) is 12.7. The fourth-order valence-corrected chi connectivity index (χ4v) is 4.44. The van der Waals surface area contributed by atoms with Gasteiger partial charge < -0.3 is 15.3 Å². The highest BCUT2D eigenvalue weighted by molar-refractivity contribution is 7.89. The Kier molecular flexibility index (Phi) is 8.03. The number of carboxylic acid groups (broad SMARTS) is 1. The van der Waals surface area contributed by atoms with E-state index in [9.17, 15) is 32.7 Å². The summed E-state index contributed by atoms with van der Waals surface area (Å²) < 4.78 is 25.4. The van der Waals surface area contributed by atoms with Crippen molar-refractivity contribution in [2.45, 2.75) is 32.4 Å². The molecule has 1 heterocycles. The molecule has 0 saturated carbocycles. The third-order valence-corrected chi connectivity index (χ3v) is 7.05. The molecule has 2 atom stereocenters. The molecule has 3 N–H and O–H groups in total. The van der Waals surface area contributed by atoms with Gasteiger partial charge in [-0.3, -0.25) is 19.2 Å². The van der Waals surface area contributed by atoms with Crippen LogP contribution in [0.4, 0.5) is 0 Å². The van der Waals surface area contributed by atoms with E-state index < -0.39 is 45.5 Å². The second kappa shape index (κ2) is 10.8. The van der Waals surface area contributed by atoms with E-state index in [1.54, 1.807) is 12.1 Å². The smallest absolute Gasteiger partial charge is 0.324 e. The minimum Gasteiger partial charge on any atom is -0.480 e. The number of hydrogen-bond acceptors (Lipinski definition) is 6. The summed E-state index contributed by atoms with van der Waals surface area (Å²) in [7, 11) is -3.95. The zero-order valence-corrected chi connectivity index (χ0v) is 20.2. The van der Waals surface area contributed by atoms with E-state index in [1.165, 1.54) is 23.0 Å². The Balaban J connectivity index is 0.000000485. The normalized spacial score (nSPS) is 15.1. The lowest BCUT2D eigenvalue weighted by atomic mass is 9.99. The third kappa shape index (κ3) is 6.74. The van der Waals surface area contributed by atoms with Gasteiger partial charge in [-0.15, -0.1) is 0 Å². The molecule has 0 aromatic heterocycles. The van der Waals surface area contributed by atoms with Crippen LogP contribution in [-0.4, -0.2) is 72.9 Å². The number of nitrogens with zero attached hydrogens (tertiary/aromatic N) is 1. The molecule has 2 amide bonds. The average Bonchev–Trinajstić information content (AvgIpc) is 3.42. The standard InChI is InChI=1S/C18H23N3O7S.C6H4/c1-3-29(27,28)20-16(18(25)26)15(11(2)22)19-14(23)10-21-9-8-12-6-4-5-7-13(12)17(21)24;1-2-5-4-6(5)3-1/h4-7,15-16,20H,3,8-10H2,1-2H3,(H,19,23)(H,25,26);1-4H. The van der Waals surface area contributed by atoms with E-state index in [4.69, 9.17) is 0 Å². The lowest BCUT2D eigenvalue weighted by Gasteiger charge is -2.29. The van der Waals surface area contributed by atoms with Crippen LogP contribution < -0.4 is 10.0 Å². The van der Waals surface area contributed by atoms with Crippen LogP contribution in [0.15, 0.2) is 48.5 Å². The van der Waals surface area contributed by atoms with Crippen molar-refractivity contribution in [3.63, 3.8) is 0 Å². The molecule has 10 nitrogen and oxygen atoms in total. The number of nitrogens with one attached hydrogen (secondary N) is 2. The number of ketones is 1. The Labute approximate surface area is 203 Å². The van der Waals surface area contributed by atoms with Crippen molar-refractivity contribution in [1.29, 1.82) is 0 Å². The summed E-state index contributed by atoms with van der Waals surface area (Å²) in [6.07, 6.45) is 0.555. The van der Waals surface area contributed by atoms with Gasteiger partial charge in [-0.05, 0) is 49.1 Å². The minimum atomic E-state index is -3.95. The number of carbonyl (C=O) groups is 4. The zero-order chi connectivity index (χ0) is 25.8. The van der Waals surface area contributed by atoms with Crippen LogP contribution in [0.1, 0.15) is 29.8 Å². The number of amides is 2. The van der Waals surface area contributed by atoms with Gasteiger partial charge in [-0.25, -0.2) is 8.42 Å². The highest BCUT2D eigenvalue weighted by Gasteiger charge is 2.36. The number of Topliss-reactive ketones (excluding diaryl/α,β-unsaturated/α-hetero) is 1. The van der Waals surface area contributed by atoms with Gasteiger partial charge in [-0.1, -0.05) is 36.4 Å². The van der Waals surface area contributed by atoms with Crippen LogP contribution in [0.2, 0.25) is 0 Å². The third-order valence-electron chi connectivity index (χ3n) is 5.67. The Morgan fingerprint density at radius 2 is 1.71 bits per heavy atom. The van der Waals surface area contributed by atoms with E-state index in [0.29, 0.717) is 18.5 Å². The summed E-state index contributed by atoms with van der Waals surface area (Å²) in [5.74, 6) is -3.84. The lowest BCUT2D eigenvalue weighted by Crippen LogP contribution is -2.60. The second-order valence-corrected chi connectivity index (χ2v) is 10.3. The molecule has 35 heavy (non-hydrogen) atoms. The summed E-state index contributed by atoms with van der Waals surface area (Å²) in [5, 5.41) is 11.6. The molecular weight excluding hydrogens is 474 g/mol. The van der Waals surface area contributed by atoms with Crippen molar-refractivity contribution in [2.24, 2.45) is 0 Å². The molecule has 0 saturated heterocycles. The van der Waals surface area contributed by atoms with Crippen LogP contribution >= 0.6 is 0 Å². The van der Waals surface area contributed by atoms with E-state index in [0.717, 1.165) is 12.5 Å². The maximum Gasteiger partial charge on any atom is 0.324 e. The topological polar surface area (TPSA) is 150 Å². The lowest BCUT2D eigenvalue weighted by molar-refractivity contribution is -0.142. The molecule has 1 aromatic rings. The van der Waals surface area contributed by atoms with Gasteiger partial charge in [0, 0.05) is 12.1 Å². The van der Waals surface area contributed by atoms with Crippen LogP contribution in [0.25, 0.3) is 11.1 Å². The van der Waals surface area contributed by atoms with Crippen molar-refractivity contribution in [3.05, 3.63) is 59.7 Å². The first-order chi connectivity index (χ1) is 16.5. The Hall–Kier alpha value is -3.57. The number of benzene rings is 2. The molecule has 2 unspecified atom stereocenters. The molecule has 2 aliphatic carbocycles. The van der Waals surface area contributed by atoms with E-state index in [2.05, 4.69) is 29.6 Å². The first kappa shape index (κ1) is 26.0. The van der Waals surface area contributed by atoms with E-state index >= 15 is 0 Å². The van der Waals surface area contributed by atoms with Crippen LogP contribution in [0, 0.1) is 0 Å². The summed E-state index contributed by atoms with van der Waals surface area (Å²) in [5.41, 5.74) is 4.20. The summed E-state index contributed by atoms with van der Waals surface area (Å²) in [4.78, 5) is 49.7. The highest BCUT2D eigenvalue weighted by Crippen LogP contribution is 2.32. The van der Waals surface area contributed by atoms with Gasteiger partial charge >= 0.3 is 5.97 Å². The summed E-state index contributed by atoms with van der Waals surface area (Å²) in [6, 6.07) is 12.0. The number of carbonyl (C=O) groups excluding carboxylic acids is 3. The molecule has 186 valence electrons. The Morgan fingerprint density at radius 3 is 2.23 bits per heavy atom. The molecule has 1 aliphatic heterocycles. The number of rotatable bonds is 9. The first-order valence-electron chi connectivity index (χ1n) is 11.0. The maximum atomic E-state index is 12.5. The molecule has 1 aromatic carbocycles. The van der Waals surface area contributed by atoms with Gasteiger partial charge in [-0.2, -0.15) is 4.72 Å². The second-order valence-electron chi connectivity index (χ2n) is 8.21. The number of sulfonamides is 1. The summed E-state index contributed by atoms with van der Waals surface area (Å²) >= 11 is 0. The average molecular weight is 502 g/mol. The monoisotopic (exact) mass is 501 g/mol.